The molecule has 4 rings (SSSR count). The molecule has 0 bridgehead atoms. The molecule has 108 valence electrons. The lowest BCUT2D eigenvalue weighted by Gasteiger charge is -2.17. The van der Waals surface area contributed by atoms with Crippen molar-refractivity contribution in [2.45, 2.75) is 6.04 Å². The van der Waals surface area contributed by atoms with E-state index in [2.05, 4.69) is 43.1 Å². The molecule has 0 saturated carbocycles. The first-order valence-corrected chi connectivity index (χ1v) is 7.54. The van der Waals surface area contributed by atoms with Crippen molar-refractivity contribution >= 4 is 22.8 Å². The first-order chi connectivity index (χ1) is 10.9. The highest BCUT2D eigenvalue weighted by atomic mass is 32.1. The van der Waals surface area contributed by atoms with Crippen LogP contribution in [0.4, 0.5) is 5.82 Å². The minimum Gasteiger partial charge on any atom is -0.355 e. The lowest BCUT2D eigenvalue weighted by molar-refractivity contribution is 0.730. The van der Waals surface area contributed by atoms with Gasteiger partial charge in [-0.3, -0.25) is 0 Å². The molecular formula is C14H11N7S. The molecule has 1 N–H and O–H groups in total. The first kappa shape index (κ1) is 12.8. The maximum absolute atomic E-state index is 4.42. The number of fused-ring (bicyclic) bond motifs is 1. The molecule has 0 aliphatic heterocycles. The van der Waals surface area contributed by atoms with Gasteiger partial charge in [0.1, 0.15) is 16.9 Å². The summed E-state index contributed by atoms with van der Waals surface area (Å²) in [6.45, 7) is 0. The Bertz CT molecular complexity index is 873. The molecule has 4 aromatic rings. The largest absolute Gasteiger partial charge is 0.355 e. The zero-order chi connectivity index (χ0) is 14.8. The number of rotatable bonds is 4. The standard InChI is InChI=1S/C14H11N7S/c1-2-4-10(5-3-1)13(14-15-8-9-22-14)16-11-6-7-12-17-19-20-21(12)18-11/h1-9,13H,(H,16,18). The Labute approximate surface area is 129 Å². The van der Waals surface area contributed by atoms with Crippen molar-refractivity contribution in [3.8, 4) is 0 Å². The Kier molecular flexibility index (Phi) is 3.20. The number of thiazole rings is 1. The van der Waals surface area contributed by atoms with E-state index in [4.69, 9.17) is 0 Å². The zero-order valence-corrected chi connectivity index (χ0v) is 12.2. The van der Waals surface area contributed by atoms with Crippen LogP contribution in [0.15, 0.2) is 54.0 Å². The van der Waals surface area contributed by atoms with E-state index in [0.29, 0.717) is 11.5 Å². The molecule has 0 radical (unpaired) electrons. The van der Waals surface area contributed by atoms with Crippen molar-refractivity contribution in [3.63, 3.8) is 0 Å². The Morgan fingerprint density at radius 3 is 2.82 bits per heavy atom. The average Bonchev–Trinajstić information content (AvgIpc) is 3.24. The van der Waals surface area contributed by atoms with Gasteiger partial charge in [-0.25, -0.2) is 4.98 Å². The second kappa shape index (κ2) is 5.49. The van der Waals surface area contributed by atoms with E-state index in [1.807, 2.05) is 35.7 Å². The molecule has 0 amide bonds. The maximum Gasteiger partial charge on any atom is 0.200 e. The molecule has 0 saturated heterocycles. The van der Waals surface area contributed by atoms with Crippen LogP contribution in [0.1, 0.15) is 16.6 Å². The zero-order valence-electron chi connectivity index (χ0n) is 11.4. The third kappa shape index (κ3) is 2.40. The number of benzene rings is 1. The van der Waals surface area contributed by atoms with Gasteiger partial charge in [-0.1, -0.05) is 30.3 Å². The third-order valence-electron chi connectivity index (χ3n) is 3.19. The van der Waals surface area contributed by atoms with Gasteiger partial charge in [0.15, 0.2) is 5.65 Å². The van der Waals surface area contributed by atoms with Crippen molar-refractivity contribution in [2.24, 2.45) is 0 Å². The summed E-state index contributed by atoms with van der Waals surface area (Å²) in [6, 6.07) is 13.7. The van der Waals surface area contributed by atoms with Gasteiger partial charge in [-0.15, -0.1) is 26.2 Å². The van der Waals surface area contributed by atoms with Crippen LogP contribution >= 0.6 is 11.3 Å². The summed E-state index contributed by atoms with van der Waals surface area (Å²) in [5.74, 6) is 0.684. The maximum atomic E-state index is 4.42. The summed E-state index contributed by atoms with van der Waals surface area (Å²) >= 11 is 1.60. The monoisotopic (exact) mass is 309 g/mol. The van der Waals surface area contributed by atoms with Crippen LogP contribution in [0, 0.1) is 0 Å². The Balaban J connectivity index is 1.72. The summed E-state index contributed by atoms with van der Waals surface area (Å²) in [6.07, 6.45) is 1.80. The summed E-state index contributed by atoms with van der Waals surface area (Å²) < 4.78 is 1.40. The Hall–Kier alpha value is -2.87. The topological polar surface area (TPSA) is 80.9 Å². The van der Waals surface area contributed by atoms with E-state index >= 15 is 0 Å². The normalized spacial score (nSPS) is 12.4. The highest BCUT2D eigenvalue weighted by Crippen LogP contribution is 2.27. The quantitative estimate of drug-likeness (QED) is 0.622. The molecule has 0 spiro atoms. The van der Waals surface area contributed by atoms with Crippen LogP contribution in [0.2, 0.25) is 0 Å². The summed E-state index contributed by atoms with van der Waals surface area (Å²) in [7, 11) is 0. The van der Waals surface area contributed by atoms with E-state index in [9.17, 15) is 0 Å². The lowest BCUT2D eigenvalue weighted by Crippen LogP contribution is -2.14. The van der Waals surface area contributed by atoms with Gasteiger partial charge >= 0.3 is 0 Å². The van der Waals surface area contributed by atoms with Crippen molar-refractivity contribution in [2.75, 3.05) is 5.32 Å². The van der Waals surface area contributed by atoms with Gasteiger partial charge in [0.2, 0.25) is 0 Å². The fourth-order valence-corrected chi connectivity index (χ4v) is 2.90. The second-order valence-electron chi connectivity index (χ2n) is 4.60. The van der Waals surface area contributed by atoms with Crippen molar-refractivity contribution in [3.05, 3.63) is 64.6 Å². The lowest BCUT2D eigenvalue weighted by atomic mass is 10.1. The number of tetrazole rings is 1. The van der Waals surface area contributed by atoms with Gasteiger partial charge in [0.05, 0.1) is 0 Å². The van der Waals surface area contributed by atoms with E-state index in [-0.39, 0.29) is 6.04 Å². The summed E-state index contributed by atoms with van der Waals surface area (Å²) in [5.41, 5.74) is 1.73. The van der Waals surface area contributed by atoms with E-state index in [0.717, 1.165) is 10.6 Å². The Morgan fingerprint density at radius 1 is 1.09 bits per heavy atom. The second-order valence-corrected chi connectivity index (χ2v) is 5.53. The summed E-state index contributed by atoms with van der Waals surface area (Å²) in [4.78, 5) is 4.42. The fraction of sp³-hybridized carbons (Fsp3) is 0.0714. The van der Waals surface area contributed by atoms with E-state index in [1.165, 1.54) is 4.63 Å². The first-order valence-electron chi connectivity index (χ1n) is 6.66. The van der Waals surface area contributed by atoms with Crippen LogP contribution < -0.4 is 5.32 Å². The highest BCUT2D eigenvalue weighted by molar-refractivity contribution is 7.09. The minimum absolute atomic E-state index is 0.0670. The molecule has 0 aliphatic rings. The number of anilines is 1. The fourth-order valence-electron chi connectivity index (χ4n) is 2.18. The van der Waals surface area contributed by atoms with Gasteiger partial charge < -0.3 is 5.32 Å². The molecule has 1 atom stereocenters. The average molecular weight is 309 g/mol. The van der Waals surface area contributed by atoms with Crippen molar-refractivity contribution < 1.29 is 0 Å². The van der Waals surface area contributed by atoms with Gasteiger partial charge in [0, 0.05) is 11.6 Å². The van der Waals surface area contributed by atoms with E-state index in [1.54, 1.807) is 17.5 Å². The predicted molar refractivity (Wildman–Crippen MR) is 82.6 cm³/mol. The van der Waals surface area contributed by atoms with Gasteiger partial charge in [-0.05, 0) is 28.1 Å². The smallest absolute Gasteiger partial charge is 0.200 e. The number of nitrogens with one attached hydrogen (secondary N) is 1. The SMILES string of the molecule is c1ccc(C(Nc2ccc3nnnn3n2)c2nccs2)cc1. The third-order valence-corrected chi connectivity index (χ3v) is 4.03. The molecule has 1 aromatic carbocycles. The molecule has 0 aliphatic carbocycles. The predicted octanol–water partition coefficient (Wildman–Crippen LogP) is 2.18. The van der Waals surface area contributed by atoms with Crippen LogP contribution in [-0.2, 0) is 0 Å². The molecule has 7 nitrogen and oxygen atoms in total. The molecule has 3 aromatic heterocycles. The number of aromatic nitrogens is 6. The number of hydrogen-bond donors (Lipinski definition) is 1. The number of hydrogen-bond acceptors (Lipinski definition) is 7. The summed E-state index contributed by atoms with van der Waals surface area (Å²) in [5, 5.41) is 22.0. The molecule has 22 heavy (non-hydrogen) atoms. The minimum atomic E-state index is -0.0670. The molecule has 1 unspecified atom stereocenters. The van der Waals surface area contributed by atoms with Crippen LogP contribution in [0.3, 0.4) is 0 Å². The molecule has 8 heteroatoms. The van der Waals surface area contributed by atoms with Crippen molar-refractivity contribution in [1.82, 2.24) is 30.2 Å². The van der Waals surface area contributed by atoms with Gasteiger partial charge in [-0.2, -0.15) is 0 Å². The molecular weight excluding hydrogens is 298 g/mol. The van der Waals surface area contributed by atoms with Gasteiger partial charge in [0.25, 0.3) is 0 Å². The van der Waals surface area contributed by atoms with E-state index < -0.39 is 0 Å². The van der Waals surface area contributed by atoms with Crippen LogP contribution in [-0.4, -0.2) is 30.2 Å². The van der Waals surface area contributed by atoms with Crippen LogP contribution in [0.25, 0.3) is 5.65 Å². The molecule has 3 heterocycles. The molecule has 0 fully saturated rings. The van der Waals surface area contributed by atoms with Crippen LogP contribution in [0.5, 0.6) is 0 Å². The number of nitrogens with zero attached hydrogens (tertiary/aromatic N) is 6. The Morgan fingerprint density at radius 2 is 2.00 bits per heavy atom. The van der Waals surface area contributed by atoms with Crippen molar-refractivity contribution in [1.29, 1.82) is 0 Å². The highest BCUT2D eigenvalue weighted by Gasteiger charge is 2.17.